The molecule has 0 radical (unpaired) electrons. The molecule has 1 fully saturated rings. The van der Waals surface area contributed by atoms with Crippen LogP contribution >= 0.6 is 0 Å². The lowest BCUT2D eigenvalue weighted by atomic mass is 9.76. The van der Waals surface area contributed by atoms with Gasteiger partial charge in [0, 0.05) is 12.6 Å². The van der Waals surface area contributed by atoms with Gasteiger partial charge in [-0.2, -0.15) is 0 Å². The fourth-order valence-electron chi connectivity index (χ4n) is 2.05. The van der Waals surface area contributed by atoms with Gasteiger partial charge in [-0.3, -0.25) is 0 Å². The second-order valence-electron chi connectivity index (χ2n) is 5.06. The Morgan fingerprint density at radius 1 is 1.42 bits per heavy atom. The van der Waals surface area contributed by atoms with Gasteiger partial charge in [0.1, 0.15) is 0 Å². The van der Waals surface area contributed by atoms with Gasteiger partial charge in [0.05, 0.1) is 0 Å². The summed E-state index contributed by atoms with van der Waals surface area (Å²) < 4.78 is 0. The third kappa shape index (κ3) is 1.82. The zero-order chi connectivity index (χ0) is 9.35. The SMILES string of the molecule is CCC(C)(C)C1CC(C)N(C)C1. The molecule has 0 N–H and O–H groups in total. The fourth-order valence-corrected chi connectivity index (χ4v) is 2.05. The van der Waals surface area contributed by atoms with Crippen molar-refractivity contribution >= 4 is 0 Å². The van der Waals surface area contributed by atoms with E-state index in [1.165, 1.54) is 19.4 Å². The van der Waals surface area contributed by atoms with Crippen LogP contribution in [0.25, 0.3) is 0 Å². The highest BCUT2D eigenvalue weighted by atomic mass is 15.1. The molecule has 1 heteroatoms. The maximum atomic E-state index is 2.49. The largest absolute Gasteiger partial charge is 0.303 e. The standard InChI is InChI=1S/C11H23N/c1-6-11(3,4)10-7-9(2)12(5)8-10/h9-10H,6-8H2,1-5H3. The first-order valence-electron chi connectivity index (χ1n) is 5.17. The number of rotatable bonds is 2. The first-order chi connectivity index (χ1) is 5.47. The summed E-state index contributed by atoms with van der Waals surface area (Å²) in [4.78, 5) is 2.49. The van der Waals surface area contributed by atoms with Gasteiger partial charge in [-0.15, -0.1) is 0 Å². The van der Waals surface area contributed by atoms with Crippen molar-refractivity contribution in [3.63, 3.8) is 0 Å². The molecule has 0 bridgehead atoms. The van der Waals surface area contributed by atoms with E-state index in [9.17, 15) is 0 Å². The molecule has 1 saturated heterocycles. The molecule has 72 valence electrons. The van der Waals surface area contributed by atoms with E-state index in [2.05, 4.69) is 39.6 Å². The topological polar surface area (TPSA) is 3.24 Å². The fraction of sp³-hybridized carbons (Fsp3) is 1.00. The zero-order valence-electron chi connectivity index (χ0n) is 9.22. The van der Waals surface area contributed by atoms with Crippen LogP contribution in [0.2, 0.25) is 0 Å². The van der Waals surface area contributed by atoms with Crippen LogP contribution in [0.1, 0.15) is 40.5 Å². The van der Waals surface area contributed by atoms with E-state index in [0.29, 0.717) is 5.41 Å². The van der Waals surface area contributed by atoms with Crippen molar-refractivity contribution in [3.05, 3.63) is 0 Å². The van der Waals surface area contributed by atoms with Crippen LogP contribution in [0.4, 0.5) is 0 Å². The molecule has 1 aliphatic heterocycles. The first kappa shape index (κ1) is 10.0. The molecular weight excluding hydrogens is 146 g/mol. The summed E-state index contributed by atoms with van der Waals surface area (Å²) in [6, 6.07) is 0.792. The number of likely N-dealkylation sites (tertiary alicyclic amines) is 1. The van der Waals surface area contributed by atoms with Crippen LogP contribution in [0.5, 0.6) is 0 Å². The molecule has 1 rings (SSSR count). The lowest BCUT2D eigenvalue weighted by Crippen LogP contribution is -2.26. The van der Waals surface area contributed by atoms with Crippen LogP contribution in [0.15, 0.2) is 0 Å². The van der Waals surface area contributed by atoms with Gasteiger partial charge in [0.2, 0.25) is 0 Å². The Morgan fingerprint density at radius 3 is 2.33 bits per heavy atom. The smallest absolute Gasteiger partial charge is 0.00673 e. The van der Waals surface area contributed by atoms with Gasteiger partial charge in [-0.25, -0.2) is 0 Å². The monoisotopic (exact) mass is 169 g/mol. The molecule has 0 aliphatic carbocycles. The molecule has 1 nitrogen and oxygen atoms in total. The molecule has 0 aromatic rings. The number of hydrogen-bond acceptors (Lipinski definition) is 1. The summed E-state index contributed by atoms with van der Waals surface area (Å²) in [7, 11) is 2.25. The maximum Gasteiger partial charge on any atom is 0.00673 e. The van der Waals surface area contributed by atoms with E-state index in [0.717, 1.165) is 12.0 Å². The van der Waals surface area contributed by atoms with Crippen LogP contribution in [-0.2, 0) is 0 Å². The molecule has 0 amide bonds. The van der Waals surface area contributed by atoms with Crippen LogP contribution in [0, 0.1) is 11.3 Å². The average molecular weight is 169 g/mol. The van der Waals surface area contributed by atoms with Gasteiger partial charge in [0.25, 0.3) is 0 Å². The second kappa shape index (κ2) is 3.37. The Hall–Kier alpha value is -0.0400. The van der Waals surface area contributed by atoms with E-state index >= 15 is 0 Å². The van der Waals surface area contributed by atoms with Crippen LogP contribution in [-0.4, -0.2) is 24.5 Å². The highest BCUT2D eigenvalue weighted by Crippen LogP contribution is 2.38. The summed E-state index contributed by atoms with van der Waals surface area (Å²) in [6.07, 6.45) is 2.69. The van der Waals surface area contributed by atoms with Crippen molar-refractivity contribution in [3.8, 4) is 0 Å². The Kier molecular flexibility index (Phi) is 2.82. The molecule has 2 unspecified atom stereocenters. The van der Waals surface area contributed by atoms with E-state index in [4.69, 9.17) is 0 Å². The van der Waals surface area contributed by atoms with Crippen LogP contribution < -0.4 is 0 Å². The minimum absolute atomic E-state index is 0.541. The van der Waals surface area contributed by atoms with Crippen molar-refractivity contribution < 1.29 is 0 Å². The molecule has 2 atom stereocenters. The molecule has 0 spiro atoms. The summed E-state index contributed by atoms with van der Waals surface area (Å²) in [5.41, 5.74) is 0.541. The Balaban J connectivity index is 2.56. The van der Waals surface area contributed by atoms with E-state index in [1.54, 1.807) is 0 Å². The minimum Gasteiger partial charge on any atom is -0.303 e. The van der Waals surface area contributed by atoms with E-state index in [-0.39, 0.29) is 0 Å². The van der Waals surface area contributed by atoms with E-state index in [1.807, 2.05) is 0 Å². The first-order valence-corrected chi connectivity index (χ1v) is 5.17. The predicted octanol–water partition coefficient (Wildman–Crippen LogP) is 2.76. The molecule has 0 saturated carbocycles. The lowest BCUT2D eigenvalue weighted by Gasteiger charge is -2.30. The van der Waals surface area contributed by atoms with Gasteiger partial charge in [-0.1, -0.05) is 27.2 Å². The molecule has 12 heavy (non-hydrogen) atoms. The highest BCUT2D eigenvalue weighted by molar-refractivity contribution is 4.88. The van der Waals surface area contributed by atoms with Gasteiger partial charge >= 0.3 is 0 Å². The lowest BCUT2D eigenvalue weighted by molar-refractivity contribution is 0.206. The minimum atomic E-state index is 0.541. The molecule has 0 aromatic heterocycles. The zero-order valence-corrected chi connectivity index (χ0v) is 9.22. The second-order valence-corrected chi connectivity index (χ2v) is 5.06. The predicted molar refractivity (Wildman–Crippen MR) is 54.3 cm³/mol. The quantitative estimate of drug-likeness (QED) is 0.614. The Labute approximate surface area is 77.1 Å². The van der Waals surface area contributed by atoms with Crippen molar-refractivity contribution in [1.82, 2.24) is 4.90 Å². The van der Waals surface area contributed by atoms with Gasteiger partial charge in [0.15, 0.2) is 0 Å². The van der Waals surface area contributed by atoms with Crippen LogP contribution in [0.3, 0.4) is 0 Å². The maximum absolute atomic E-state index is 2.49. The third-order valence-corrected chi connectivity index (χ3v) is 3.90. The molecular formula is C11H23N. The third-order valence-electron chi connectivity index (χ3n) is 3.90. The normalized spacial score (nSPS) is 32.8. The summed E-state index contributed by atoms with van der Waals surface area (Å²) in [5.74, 6) is 0.905. The number of nitrogens with zero attached hydrogens (tertiary/aromatic N) is 1. The highest BCUT2D eigenvalue weighted by Gasteiger charge is 2.35. The van der Waals surface area contributed by atoms with Crippen molar-refractivity contribution in [2.24, 2.45) is 11.3 Å². The van der Waals surface area contributed by atoms with Gasteiger partial charge < -0.3 is 4.90 Å². The Bertz CT molecular complexity index is 141. The number of hydrogen-bond donors (Lipinski definition) is 0. The van der Waals surface area contributed by atoms with Crippen molar-refractivity contribution in [2.45, 2.75) is 46.6 Å². The molecule has 0 aromatic carbocycles. The summed E-state index contributed by atoms with van der Waals surface area (Å²) >= 11 is 0. The molecule has 1 heterocycles. The molecule has 1 aliphatic rings. The van der Waals surface area contributed by atoms with Gasteiger partial charge in [-0.05, 0) is 31.7 Å². The summed E-state index contributed by atoms with van der Waals surface area (Å²) in [5, 5.41) is 0. The van der Waals surface area contributed by atoms with E-state index < -0.39 is 0 Å². The Morgan fingerprint density at radius 2 is 2.00 bits per heavy atom. The summed E-state index contributed by atoms with van der Waals surface area (Å²) in [6.45, 7) is 10.8. The average Bonchev–Trinajstić information content (AvgIpc) is 2.33. The van der Waals surface area contributed by atoms with Crippen molar-refractivity contribution in [1.29, 1.82) is 0 Å². The van der Waals surface area contributed by atoms with Crippen molar-refractivity contribution in [2.75, 3.05) is 13.6 Å².